The fourth-order valence-corrected chi connectivity index (χ4v) is 4.08. The molecule has 0 saturated heterocycles. The number of aromatic nitrogens is 3. The van der Waals surface area contributed by atoms with Gasteiger partial charge in [-0.05, 0) is 32.3 Å². The largest absolute Gasteiger partial charge is 0.454 e. The number of carbonyl (C=O) groups is 2. The van der Waals surface area contributed by atoms with Gasteiger partial charge in [0, 0.05) is 57.3 Å². The first-order valence-corrected chi connectivity index (χ1v) is 12.0. The molecule has 4 rings (SSSR count). The SMILES string of the molecule is CCn1cc(C(=O)NCCCCCC(=O)NCCCn2ccnc2)c(=O)c2cc3c(cc21)OCO3. The number of nitrogens with one attached hydrogen (secondary N) is 2. The Kier molecular flexibility index (Phi) is 8.02. The average molecular weight is 482 g/mol. The number of rotatable bonds is 12. The minimum Gasteiger partial charge on any atom is -0.454 e. The van der Waals surface area contributed by atoms with E-state index >= 15 is 0 Å². The Morgan fingerprint density at radius 3 is 2.63 bits per heavy atom. The lowest BCUT2D eigenvalue weighted by Gasteiger charge is -2.12. The zero-order chi connectivity index (χ0) is 24.6. The summed E-state index contributed by atoms with van der Waals surface area (Å²) >= 11 is 0. The van der Waals surface area contributed by atoms with Crippen molar-refractivity contribution in [2.24, 2.45) is 0 Å². The van der Waals surface area contributed by atoms with Crippen molar-refractivity contribution in [3.8, 4) is 11.5 Å². The first-order chi connectivity index (χ1) is 17.1. The lowest BCUT2D eigenvalue weighted by molar-refractivity contribution is -0.121. The van der Waals surface area contributed by atoms with Crippen LogP contribution in [0, 0.1) is 0 Å². The third-order valence-corrected chi connectivity index (χ3v) is 6.00. The summed E-state index contributed by atoms with van der Waals surface area (Å²) in [4.78, 5) is 41.7. The number of hydrogen-bond donors (Lipinski definition) is 2. The maximum atomic E-state index is 13.0. The predicted octanol–water partition coefficient (Wildman–Crippen LogP) is 2.44. The van der Waals surface area contributed by atoms with Crippen LogP contribution >= 0.6 is 0 Å². The highest BCUT2D eigenvalue weighted by atomic mass is 16.7. The number of hydrogen-bond acceptors (Lipinski definition) is 6. The van der Waals surface area contributed by atoms with Crippen LogP contribution in [-0.2, 0) is 17.9 Å². The molecule has 2 N–H and O–H groups in total. The number of ether oxygens (including phenoxy) is 2. The van der Waals surface area contributed by atoms with Gasteiger partial charge in [-0.1, -0.05) is 6.42 Å². The van der Waals surface area contributed by atoms with Crippen LogP contribution in [0.5, 0.6) is 11.5 Å². The molecule has 0 bridgehead atoms. The molecule has 2 amide bonds. The van der Waals surface area contributed by atoms with Crippen LogP contribution < -0.4 is 25.5 Å². The lowest BCUT2D eigenvalue weighted by Crippen LogP contribution is -2.30. The van der Waals surface area contributed by atoms with Crippen LogP contribution in [0.4, 0.5) is 0 Å². The molecule has 186 valence electrons. The van der Waals surface area contributed by atoms with Gasteiger partial charge in [-0.2, -0.15) is 0 Å². The van der Waals surface area contributed by atoms with Gasteiger partial charge in [-0.3, -0.25) is 14.4 Å². The third-order valence-electron chi connectivity index (χ3n) is 6.00. The lowest BCUT2D eigenvalue weighted by atomic mass is 10.1. The van der Waals surface area contributed by atoms with Gasteiger partial charge in [0.2, 0.25) is 18.1 Å². The Balaban J connectivity index is 1.20. The van der Waals surface area contributed by atoms with Crippen molar-refractivity contribution in [1.29, 1.82) is 0 Å². The van der Waals surface area contributed by atoms with E-state index in [1.54, 1.807) is 30.9 Å². The molecule has 2 aromatic heterocycles. The Labute approximate surface area is 203 Å². The molecule has 10 nitrogen and oxygen atoms in total. The maximum absolute atomic E-state index is 13.0. The standard InChI is InChI=1S/C25H31N5O5/c1-2-30-15-19(24(32)18-13-21-22(14-20(18)30)35-17-34-21)25(33)28-8-5-3-4-7-23(31)27-9-6-11-29-12-10-26-16-29/h10,12-16H,2-9,11,17H2,1H3,(H,27,31)(H,28,33). The quantitative estimate of drug-likeness (QED) is 0.384. The summed E-state index contributed by atoms with van der Waals surface area (Å²) in [5.41, 5.74) is 0.483. The minimum absolute atomic E-state index is 0.0387. The van der Waals surface area contributed by atoms with E-state index in [-0.39, 0.29) is 23.7 Å². The molecule has 0 spiro atoms. The Morgan fingerprint density at radius 1 is 1.06 bits per heavy atom. The molecule has 3 heterocycles. The van der Waals surface area contributed by atoms with Crippen molar-refractivity contribution >= 4 is 22.7 Å². The molecule has 1 aliphatic heterocycles. The molecular weight excluding hydrogens is 450 g/mol. The van der Waals surface area contributed by atoms with Crippen molar-refractivity contribution in [3.05, 3.63) is 52.8 Å². The Morgan fingerprint density at radius 2 is 1.86 bits per heavy atom. The summed E-state index contributed by atoms with van der Waals surface area (Å²) in [5.74, 6) is 0.751. The van der Waals surface area contributed by atoms with Crippen molar-refractivity contribution in [2.75, 3.05) is 19.9 Å². The Bertz CT molecular complexity index is 1240. The summed E-state index contributed by atoms with van der Waals surface area (Å²) in [6.45, 7) is 4.57. The van der Waals surface area contributed by atoms with Crippen LogP contribution in [-0.4, -0.2) is 45.8 Å². The summed E-state index contributed by atoms with van der Waals surface area (Å²) in [6, 6.07) is 3.42. The van der Waals surface area contributed by atoms with E-state index in [0.29, 0.717) is 48.5 Å². The summed E-state index contributed by atoms with van der Waals surface area (Å²) < 4.78 is 14.7. The maximum Gasteiger partial charge on any atom is 0.256 e. The second-order valence-electron chi connectivity index (χ2n) is 8.45. The number of nitrogens with zero attached hydrogens (tertiary/aromatic N) is 3. The molecule has 0 radical (unpaired) electrons. The first kappa shape index (κ1) is 24.3. The number of fused-ring (bicyclic) bond motifs is 2. The first-order valence-electron chi connectivity index (χ1n) is 12.0. The number of amides is 2. The van der Waals surface area contributed by atoms with Crippen LogP contribution in [0.25, 0.3) is 10.9 Å². The number of aryl methyl sites for hydroxylation is 2. The number of pyridine rings is 1. The zero-order valence-corrected chi connectivity index (χ0v) is 19.9. The van der Waals surface area contributed by atoms with Gasteiger partial charge in [0.1, 0.15) is 5.56 Å². The van der Waals surface area contributed by atoms with E-state index in [0.717, 1.165) is 32.2 Å². The predicted molar refractivity (Wildman–Crippen MR) is 131 cm³/mol. The molecule has 0 fully saturated rings. The smallest absolute Gasteiger partial charge is 0.256 e. The highest BCUT2D eigenvalue weighted by molar-refractivity contribution is 5.97. The monoisotopic (exact) mass is 481 g/mol. The molecule has 1 aliphatic rings. The minimum atomic E-state index is -0.396. The van der Waals surface area contributed by atoms with Gasteiger partial charge in [0.25, 0.3) is 5.91 Å². The van der Waals surface area contributed by atoms with Gasteiger partial charge in [-0.15, -0.1) is 0 Å². The van der Waals surface area contributed by atoms with E-state index in [1.807, 2.05) is 22.3 Å². The molecule has 0 aliphatic carbocycles. The van der Waals surface area contributed by atoms with Crippen molar-refractivity contribution < 1.29 is 19.1 Å². The van der Waals surface area contributed by atoms with E-state index in [1.165, 1.54) is 0 Å². The van der Waals surface area contributed by atoms with Gasteiger partial charge in [0.05, 0.1) is 17.2 Å². The molecule has 0 saturated carbocycles. The van der Waals surface area contributed by atoms with Crippen molar-refractivity contribution in [1.82, 2.24) is 24.8 Å². The third kappa shape index (κ3) is 6.00. The molecule has 0 unspecified atom stereocenters. The fraction of sp³-hybridized carbons (Fsp3) is 0.440. The van der Waals surface area contributed by atoms with Crippen molar-refractivity contribution in [3.63, 3.8) is 0 Å². The second-order valence-corrected chi connectivity index (χ2v) is 8.45. The van der Waals surface area contributed by atoms with Gasteiger partial charge in [0.15, 0.2) is 11.5 Å². The number of imidazole rings is 1. The van der Waals surface area contributed by atoms with Crippen LogP contribution in [0.1, 0.15) is 49.4 Å². The van der Waals surface area contributed by atoms with Crippen LogP contribution in [0.15, 0.2) is 41.8 Å². The van der Waals surface area contributed by atoms with Crippen molar-refractivity contribution in [2.45, 2.75) is 52.1 Å². The molecule has 0 atom stereocenters. The van der Waals surface area contributed by atoms with Crippen LogP contribution in [0.3, 0.4) is 0 Å². The van der Waals surface area contributed by atoms with E-state index in [9.17, 15) is 14.4 Å². The van der Waals surface area contributed by atoms with Gasteiger partial charge >= 0.3 is 0 Å². The van der Waals surface area contributed by atoms with Crippen LogP contribution in [0.2, 0.25) is 0 Å². The fourth-order valence-electron chi connectivity index (χ4n) is 4.08. The zero-order valence-electron chi connectivity index (χ0n) is 19.9. The molecule has 3 aromatic rings. The normalized spacial score (nSPS) is 12.1. The molecule has 1 aromatic carbocycles. The second kappa shape index (κ2) is 11.5. The average Bonchev–Trinajstić information content (AvgIpc) is 3.55. The Hall–Kier alpha value is -3.82. The number of unbranched alkanes of at least 4 members (excludes halogenated alkanes) is 2. The topological polar surface area (TPSA) is 116 Å². The number of carbonyl (C=O) groups excluding carboxylic acids is 2. The highest BCUT2D eigenvalue weighted by Crippen LogP contribution is 2.35. The summed E-state index contributed by atoms with van der Waals surface area (Å²) in [6.07, 6.45) is 10.6. The number of benzene rings is 1. The summed E-state index contributed by atoms with van der Waals surface area (Å²) in [5, 5.41) is 6.19. The van der Waals surface area contributed by atoms with E-state index < -0.39 is 5.91 Å². The van der Waals surface area contributed by atoms with Gasteiger partial charge < -0.3 is 29.2 Å². The van der Waals surface area contributed by atoms with E-state index in [2.05, 4.69) is 15.6 Å². The van der Waals surface area contributed by atoms with Gasteiger partial charge in [-0.25, -0.2) is 4.98 Å². The van der Waals surface area contributed by atoms with E-state index in [4.69, 9.17) is 9.47 Å². The molecule has 10 heteroatoms. The molecular formula is C25H31N5O5. The molecule has 35 heavy (non-hydrogen) atoms. The summed E-state index contributed by atoms with van der Waals surface area (Å²) in [7, 11) is 0. The highest BCUT2D eigenvalue weighted by Gasteiger charge is 2.20.